The molecule has 0 unspecified atom stereocenters. The van der Waals surface area contributed by atoms with Crippen LogP contribution in [0.2, 0.25) is 0 Å². The molecule has 0 amide bonds. The zero-order valence-corrected chi connectivity index (χ0v) is 11.4. The lowest BCUT2D eigenvalue weighted by Crippen LogP contribution is -2.09. The van der Waals surface area contributed by atoms with E-state index in [2.05, 4.69) is 28.7 Å². The predicted molar refractivity (Wildman–Crippen MR) is 68.9 cm³/mol. The minimum Gasteiger partial charge on any atom is -0.466 e. The highest BCUT2D eigenvalue weighted by Crippen LogP contribution is 2.21. The van der Waals surface area contributed by atoms with Crippen LogP contribution in [0.25, 0.3) is 0 Å². The summed E-state index contributed by atoms with van der Waals surface area (Å²) in [5.74, 6) is -0.256. The van der Waals surface area contributed by atoms with Gasteiger partial charge in [0.05, 0.1) is 18.6 Å². The van der Waals surface area contributed by atoms with Crippen molar-refractivity contribution in [1.82, 2.24) is 0 Å². The normalized spacial score (nSPS) is 9.62. The summed E-state index contributed by atoms with van der Waals surface area (Å²) in [7, 11) is 0. The van der Waals surface area contributed by atoms with Crippen molar-refractivity contribution in [1.29, 1.82) is 5.26 Å². The number of nitrogens with zero attached hydrogens (tertiary/aromatic N) is 1. The lowest BCUT2D eigenvalue weighted by atomic mass is 10.0. The number of halogens is 1. The Bertz CT molecular complexity index is 449. The number of rotatable bonds is 3. The van der Waals surface area contributed by atoms with Gasteiger partial charge in [-0.1, -0.05) is 12.1 Å². The minimum absolute atomic E-state index is 0.223. The van der Waals surface area contributed by atoms with E-state index in [0.29, 0.717) is 12.2 Å². The second-order valence-electron chi connectivity index (χ2n) is 3.32. The van der Waals surface area contributed by atoms with Gasteiger partial charge in [0.15, 0.2) is 0 Å². The summed E-state index contributed by atoms with van der Waals surface area (Å²) < 4.78 is 5.72. The Morgan fingerprint density at radius 1 is 1.56 bits per heavy atom. The van der Waals surface area contributed by atoms with Gasteiger partial charge in [0.1, 0.15) is 6.07 Å². The summed E-state index contributed by atoms with van der Waals surface area (Å²) in [5.41, 5.74) is 2.42. The number of hydrogen-bond donors (Lipinski definition) is 0. The molecule has 0 saturated heterocycles. The number of nitriles is 1. The topological polar surface area (TPSA) is 50.1 Å². The predicted octanol–water partition coefficient (Wildman–Crippen LogP) is 2.58. The van der Waals surface area contributed by atoms with E-state index in [-0.39, 0.29) is 12.4 Å². The molecule has 0 saturated carbocycles. The third kappa shape index (κ3) is 2.95. The molecule has 84 valence electrons. The van der Waals surface area contributed by atoms with E-state index >= 15 is 0 Å². The molecule has 0 aromatic heterocycles. The highest BCUT2D eigenvalue weighted by molar-refractivity contribution is 14.1. The average Bonchev–Trinajstić information content (AvgIpc) is 2.23. The van der Waals surface area contributed by atoms with Crippen molar-refractivity contribution in [3.63, 3.8) is 0 Å². The van der Waals surface area contributed by atoms with Gasteiger partial charge in [-0.25, -0.2) is 0 Å². The molecule has 1 aromatic carbocycles. The van der Waals surface area contributed by atoms with E-state index in [9.17, 15) is 4.79 Å². The fraction of sp³-hybridized carbons (Fsp3) is 0.333. The summed E-state index contributed by atoms with van der Waals surface area (Å²) >= 11 is 2.10. The van der Waals surface area contributed by atoms with Crippen LogP contribution in [-0.2, 0) is 16.0 Å². The third-order valence-corrected chi connectivity index (χ3v) is 3.41. The monoisotopic (exact) mass is 329 g/mol. The Morgan fingerprint density at radius 3 is 2.81 bits per heavy atom. The standard InChI is InChI=1S/C12H12INO2/c1-3-16-11(15)6-9-5-4-8(2)10(7-14)12(9)13/h4-5H,3,6H2,1-2H3. The largest absolute Gasteiger partial charge is 0.466 e. The minimum atomic E-state index is -0.256. The molecule has 0 spiro atoms. The number of benzene rings is 1. The van der Waals surface area contributed by atoms with Gasteiger partial charge < -0.3 is 4.74 Å². The lowest BCUT2D eigenvalue weighted by molar-refractivity contribution is -0.142. The quantitative estimate of drug-likeness (QED) is 0.633. The molecule has 0 bridgehead atoms. The molecule has 4 heteroatoms. The van der Waals surface area contributed by atoms with Crippen LogP contribution in [0.1, 0.15) is 23.6 Å². The van der Waals surface area contributed by atoms with Crippen molar-refractivity contribution in [2.45, 2.75) is 20.3 Å². The van der Waals surface area contributed by atoms with E-state index in [1.807, 2.05) is 19.1 Å². The number of esters is 1. The first kappa shape index (κ1) is 13.0. The second kappa shape index (κ2) is 5.85. The van der Waals surface area contributed by atoms with Gasteiger partial charge in [-0.05, 0) is 47.6 Å². The van der Waals surface area contributed by atoms with Crippen LogP contribution in [0, 0.1) is 21.8 Å². The van der Waals surface area contributed by atoms with E-state index in [1.165, 1.54) is 0 Å². The molecule has 0 fully saturated rings. The van der Waals surface area contributed by atoms with Crippen molar-refractivity contribution in [3.8, 4) is 6.07 Å². The molecular formula is C12H12INO2. The summed E-state index contributed by atoms with van der Waals surface area (Å²) in [6, 6.07) is 5.88. The van der Waals surface area contributed by atoms with Crippen LogP contribution in [0.3, 0.4) is 0 Å². The van der Waals surface area contributed by atoms with Gasteiger partial charge in [0.2, 0.25) is 0 Å². The third-order valence-electron chi connectivity index (χ3n) is 2.18. The van der Waals surface area contributed by atoms with E-state index in [0.717, 1.165) is 14.7 Å². The molecule has 1 rings (SSSR count). The van der Waals surface area contributed by atoms with Crippen molar-refractivity contribution in [3.05, 3.63) is 32.4 Å². The van der Waals surface area contributed by atoms with Gasteiger partial charge in [0.25, 0.3) is 0 Å². The maximum absolute atomic E-state index is 11.3. The highest BCUT2D eigenvalue weighted by atomic mass is 127. The molecule has 0 heterocycles. The smallest absolute Gasteiger partial charge is 0.310 e. The van der Waals surface area contributed by atoms with Crippen LogP contribution in [0.4, 0.5) is 0 Å². The maximum atomic E-state index is 11.3. The first-order chi connectivity index (χ1) is 7.60. The fourth-order valence-corrected chi connectivity index (χ4v) is 2.27. The van der Waals surface area contributed by atoms with Gasteiger partial charge in [0, 0.05) is 3.57 Å². The summed E-state index contributed by atoms with van der Waals surface area (Å²) in [6.45, 7) is 4.04. The molecule has 3 nitrogen and oxygen atoms in total. The van der Waals surface area contributed by atoms with Crippen molar-refractivity contribution in [2.75, 3.05) is 6.61 Å². The van der Waals surface area contributed by atoms with Crippen LogP contribution >= 0.6 is 22.6 Å². The zero-order chi connectivity index (χ0) is 12.1. The highest BCUT2D eigenvalue weighted by Gasteiger charge is 2.12. The SMILES string of the molecule is CCOC(=O)Cc1ccc(C)c(C#N)c1I. The van der Waals surface area contributed by atoms with Gasteiger partial charge >= 0.3 is 5.97 Å². The number of aryl methyl sites for hydroxylation is 1. The molecule has 0 aliphatic carbocycles. The van der Waals surface area contributed by atoms with Crippen LogP contribution in [0.15, 0.2) is 12.1 Å². The van der Waals surface area contributed by atoms with Crippen LogP contribution in [-0.4, -0.2) is 12.6 Å². The Balaban J connectivity index is 2.99. The van der Waals surface area contributed by atoms with E-state index in [4.69, 9.17) is 10.00 Å². The summed E-state index contributed by atoms with van der Waals surface area (Å²) in [6.07, 6.45) is 0.223. The van der Waals surface area contributed by atoms with Gasteiger partial charge in [-0.3, -0.25) is 4.79 Å². The number of carbonyl (C=O) groups excluding carboxylic acids is 1. The van der Waals surface area contributed by atoms with Gasteiger partial charge in [-0.2, -0.15) is 5.26 Å². The Hall–Kier alpha value is -1.09. The van der Waals surface area contributed by atoms with Crippen LogP contribution < -0.4 is 0 Å². The summed E-state index contributed by atoms with van der Waals surface area (Å²) in [5, 5.41) is 8.99. The molecule has 1 aromatic rings. The molecule has 0 N–H and O–H groups in total. The number of carbonyl (C=O) groups is 1. The van der Waals surface area contributed by atoms with E-state index < -0.39 is 0 Å². The lowest BCUT2D eigenvalue weighted by Gasteiger charge is -2.07. The van der Waals surface area contributed by atoms with Crippen molar-refractivity contribution >= 4 is 28.6 Å². The fourth-order valence-electron chi connectivity index (χ4n) is 1.36. The molecule has 16 heavy (non-hydrogen) atoms. The molecule has 0 radical (unpaired) electrons. The average molecular weight is 329 g/mol. The molecule has 0 aliphatic heterocycles. The van der Waals surface area contributed by atoms with Crippen molar-refractivity contribution < 1.29 is 9.53 Å². The number of ether oxygens (including phenoxy) is 1. The zero-order valence-electron chi connectivity index (χ0n) is 9.21. The molecule has 0 aliphatic rings. The van der Waals surface area contributed by atoms with Gasteiger partial charge in [-0.15, -0.1) is 0 Å². The maximum Gasteiger partial charge on any atom is 0.310 e. The number of hydrogen-bond acceptors (Lipinski definition) is 3. The molecule has 0 atom stereocenters. The van der Waals surface area contributed by atoms with Crippen LogP contribution in [0.5, 0.6) is 0 Å². The van der Waals surface area contributed by atoms with E-state index in [1.54, 1.807) is 6.92 Å². The Morgan fingerprint density at radius 2 is 2.25 bits per heavy atom. The molecular weight excluding hydrogens is 317 g/mol. The Kier molecular flexibility index (Phi) is 4.74. The Labute approximate surface area is 109 Å². The second-order valence-corrected chi connectivity index (χ2v) is 4.40. The summed E-state index contributed by atoms with van der Waals surface area (Å²) in [4.78, 5) is 11.3. The van der Waals surface area contributed by atoms with Crippen molar-refractivity contribution in [2.24, 2.45) is 0 Å². The first-order valence-electron chi connectivity index (χ1n) is 4.93. The first-order valence-corrected chi connectivity index (χ1v) is 6.01.